The Morgan fingerprint density at radius 1 is 0.944 bits per heavy atom. The van der Waals surface area contributed by atoms with Crippen molar-refractivity contribution in [2.75, 3.05) is 4.90 Å². The monoisotopic (exact) mass is 305 g/mol. The van der Waals surface area contributed by atoms with Crippen molar-refractivity contribution in [3.63, 3.8) is 0 Å². The summed E-state index contributed by atoms with van der Waals surface area (Å²) in [6, 6.07) is 7.28. The second-order valence-corrected chi connectivity index (χ2v) is 5.56. The van der Waals surface area contributed by atoms with Gasteiger partial charge in [0.05, 0.1) is 17.5 Å². The molecule has 1 aromatic rings. The molecule has 18 heavy (non-hydrogen) atoms. The van der Waals surface area contributed by atoms with Gasteiger partial charge in [-0.25, -0.2) is 0 Å². The molecule has 1 fully saturated rings. The molecule has 1 aliphatic carbocycles. The largest absolute Gasteiger partial charge is 0.274 e. The van der Waals surface area contributed by atoms with Crippen molar-refractivity contribution in [2.45, 2.75) is 12.8 Å². The van der Waals surface area contributed by atoms with E-state index < -0.39 is 0 Å². The standard InChI is InChI=1S/C14H12BrNO2/c15-9-5-7-10(8-6-9)16-13(17)11-3-1-2-4-12(11)14(16)18/h1-2,5-8,11-12H,3-4H2/t11-,12-/m0/s1. The molecule has 3 rings (SSSR count). The molecule has 0 unspecified atom stereocenters. The van der Waals surface area contributed by atoms with Crippen LogP contribution in [-0.2, 0) is 9.59 Å². The molecule has 0 N–H and O–H groups in total. The summed E-state index contributed by atoms with van der Waals surface area (Å²) in [5, 5.41) is 0. The van der Waals surface area contributed by atoms with Gasteiger partial charge in [-0.2, -0.15) is 0 Å². The predicted molar refractivity (Wildman–Crippen MR) is 72.0 cm³/mol. The molecule has 4 heteroatoms. The number of benzene rings is 1. The molecule has 0 saturated carbocycles. The van der Waals surface area contributed by atoms with E-state index in [9.17, 15) is 9.59 Å². The van der Waals surface area contributed by atoms with Crippen LogP contribution in [0.2, 0.25) is 0 Å². The van der Waals surface area contributed by atoms with Gasteiger partial charge in [0.2, 0.25) is 11.8 Å². The molecule has 1 aromatic carbocycles. The third kappa shape index (κ3) is 1.72. The Balaban J connectivity index is 1.96. The second-order valence-electron chi connectivity index (χ2n) is 4.64. The Hall–Kier alpha value is -1.42. The highest BCUT2D eigenvalue weighted by Crippen LogP contribution is 2.37. The smallest absolute Gasteiger partial charge is 0.238 e. The molecule has 2 atom stereocenters. The summed E-state index contributed by atoms with van der Waals surface area (Å²) in [5.41, 5.74) is 0.669. The zero-order chi connectivity index (χ0) is 12.7. The maximum Gasteiger partial charge on any atom is 0.238 e. The fourth-order valence-corrected chi connectivity index (χ4v) is 2.91. The highest BCUT2D eigenvalue weighted by Gasteiger charge is 2.47. The van der Waals surface area contributed by atoms with Crippen LogP contribution in [-0.4, -0.2) is 11.8 Å². The molecule has 0 bridgehead atoms. The Bertz CT molecular complexity index is 509. The van der Waals surface area contributed by atoms with Gasteiger partial charge in [0, 0.05) is 4.47 Å². The first-order valence-electron chi connectivity index (χ1n) is 5.97. The molecule has 0 aromatic heterocycles. The lowest BCUT2D eigenvalue weighted by molar-refractivity contribution is -0.122. The fourth-order valence-electron chi connectivity index (χ4n) is 2.64. The minimum Gasteiger partial charge on any atom is -0.274 e. The van der Waals surface area contributed by atoms with Crippen molar-refractivity contribution in [1.29, 1.82) is 0 Å². The van der Waals surface area contributed by atoms with E-state index in [0.29, 0.717) is 18.5 Å². The molecule has 1 aliphatic heterocycles. The number of halogens is 1. The number of carbonyl (C=O) groups excluding carboxylic acids is 2. The normalized spacial score (nSPS) is 26.6. The first-order chi connectivity index (χ1) is 8.68. The van der Waals surface area contributed by atoms with Crippen LogP contribution in [0.1, 0.15) is 12.8 Å². The van der Waals surface area contributed by atoms with Gasteiger partial charge in [-0.1, -0.05) is 28.1 Å². The average molecular weight is 306 g/mol. The molecule has 3 nitrogen and oxygen atoms in total. The van der Waals surface area contributed by atoms with Gasteiger partial charge in [0.1, 0.15) is 0 Å². The lowest BCUT2D eigenvalue weighted by atomic mass is 9.85. The van der Waals surface area contributed by atoms with Crippen molar-refractivity contribution >= 4 is 33.4 Å². The van der Waals surface area contributed by atoms with Crippen molar-refractivity contribution < 1.29 is 9.59 Å². The van der Waals surface area contributed by atoms with E-state index in [1.165, 1.54) is 4.90 Å². The number of amides is 2. The summed E-state index contributed by atoms with van der Waals surface area (Å²) < 4.78 is 0.935. The van der Waals surface area contributed by atoms with Gasteiger partial charge in [-0.3, -0.25) is 14.5 Å². The quantitative estimate of drug-likeness (QED) is 0.591. The molecular weight excluding hydrogens is 294 g/mol. The second kappa shape index (κ2) is 4.35. The molecule has 2 aliphatic rings. The third-order valence-corrected chi connectivity index (χ3v) is 4.12. The Labute approximate surface area is 114 Å². The number of fused-ring (bicyclic) bond motifs is 1. The van der Waals surface area contributed by atoms with Gasteiger partial charge in [-0.05, 0) is 37.1 Å². The number of allylic oxidation sites excluding steroid dienone is 2. The number of imide groups is 1. The summed E-state index contributed by atoms with van der Waals surface area (Å²) in [6.45, 7) is 0. The number of rotatable bonds is 1. The van der Waals surface area contributed by atoms with Crippen molar-refractivity contribution in [3.8, 4) is 0 Å². The number of carbonyl (C=O) groups is 2. The SMILES string of the molecule is O=C1[C@H]2CC=CC[C@@H]2C(=O)N1c1ccc(Br)cc1. The van der Waals surface area contributed by atoms with Gasteiger partial charge in [-0.15, -0.1) is 0 Å². The lowest BCUT2D eigenvalue weighted by Gasteiger charge is -2.14. The van der Waals surface area contributed by atoms with E-state index in [0.717, 1.165) is 4.47 Å². The van der Waals surface area contributed by atoms with Crippen molar-refractivity contribution in [3.05, 3.63) is 40.9 Å². The van der Waals surface area contributed by atoms with Crippen LogP contribution in [0.4, 0.5) is 5.69 Å². The van der Waals surface area contributed by atoms with Crippen LogP contribution in [0.15, 0.2) is 40.9 Å². The summed E-state index contributed by atoms with van der Waals surface area (Å²) in [7, 11) is 0. The minimum absolute atomic E-state index is 0.0586. The average Bonchev–Trinajstić information content (AvgIpc) is 2.64. The van der Waals surface area contributed by atoms with Crippen LogP contribution < -0.4 is 4.90 Å². The maximum atomic E-state index is 12.3. The van der Waals surface area contributed by atoms with E-state index in [-0.39, 0.29) is 23.7 Å². The summed E-state index contributed by atoms with van der Waals surface area (Å²) in [4.78, 5) is 25.9. The van der Waals surface area contributed by atoms with Crippen LogP contribution in [0.25, 0.3) is 0 Å². The van der Waals surface area contributed by atoms with E-state index in [4.69, 9.17) is 0 Å². The van der Waals surface area contributed by atoms with Crippen molar-refractivity contribution in [1.82, 2.24) is 0 Å². The van der Waals surface area contributed by atoms with Gasteiger partial charge in [0.15, 0.2) is 0 Å². The van der Waals surface area contributed by atoms with E-state index in [1.54, 1.807) is 12.1 Å². The Morgan fingerprint density at radius 3 is 1.94 bits per heavy atom. The zero-order valence-corrected chi connectivity index (χ0v) is 11.3. The molecule has 1 heterocycles. The molecule has 0 radical (unpaired) electrons. The summed E-state index contributed by atoms with van der Waals surface area (Å²) in [5.74, 6) is -0.439. The molecule has 0 spiro atoms. The van der Waals surface area contributed by atoms with E-state index >= 15 is 0 Å². The first kappa shape index (κ1) is 11.7. The number of hydrogen-bond acceptors (Lipinski definition) is 2. The minimum atomic E-state index is -0.161. The fraction of sp³-hybridized carbons (Fsp3) is 0.286. The van der Waals surface area contributed by atoms with Crippen LogP contribution in [0.5, 0.6) is 0 Å². The Morgan fingerprint density at radius 2 is 1.44 bits per heavy atom. The molecule has 2 amide bonds. The summed E-state index contributed by atoms with van der Waals surface area (Å²) >= 11 is 3.35. The predicted octanol–water partition coefficient (Wildman–Crippen LogP) is 2.90. The third-order valence-electron chi connectivity index (χ3n) is 3.59. The Kier molecular flexibility index (Phi) is 2.82. The van der Waals surface area contributed by atoms with Crippen LogP contribution >= 0.6 is 15.9 Å². The number of nitrogens with zero attached hydrogens (tertiary/aromatic N) is 1. The lowest BCUT2D eigenvalue weighted by Crippen LogP contribution is -2.30. The van der Waals surface area contributed by atoms with Gasteiger partial charge < -0.3 is 0 Å². The van der Waals surface area contributed by atoms with Crippen molar-refractivity contribution in [2.24, 2.45) is 11.8 Å². The van der Waals surface area contributed by atoms with Crippen LogP contribution in [0.3, 0.4) is 0 Å². The van der Waals surface area contributed by atoms with Gasteiger partial charge >= 0.3 is 0 Å². The van der Waals surface area contributed by atoms with E-state index in [2.05, 4.69) is 15.9 Å². The highest BCUT2D eigenvalue weighted by molar-refractivity contribution is 9.10. The summed E-state index contributed by atoms with van der Waals surface area (Å²) in [6.07, 6.45) is 5.36. The number of anilines is 1. The molecular formula is C14H12BrNO2. The van der Waals surface area contributed by atoms with E-state index in [1.807, 2.05) is 24.3 Å². The highest BCUT2D eigenvalue weighted by atomic mass is 79.9. The number of hydrogen-bond donors (Lipinski definition) is 0. The van der Waals surface area contributed by atoms with Crippen LogP contribution in [0, 0.1) is 11.8 Å². The van der Waals surface area contributed by atoms with Gasteiger partial charge in [0.25, 0.3) is 0 Å². The first-order valence-corrected chi connectivity index (χ1v) is 6.76. The zero-order valence-electron chi connectivity index (χ0n) is 9.67. The topological polar surface area (TPSA) is 37.4 Å². The molecule has 1 saturated heterocycles. The molecule has 92 valence electrons. The maximum absolute atomic E-state index is 12.3.